The zero-order valence-corrected chi connectivity index (χ0v) is 15.6. The summed E-state index contributed by atoms with van der Waals surface area (Å²) < 4.78 is 33.5. The van der Waals surface area contributed by atoms with Gasteiger partial charge in [-0.25, -0.2) is 8.78 Å². The summed E-state index contributed by atoms with van der Waals surface area (Å²) in [6, 6.07) is 2.85. The number of benzene rings is 1. The van der Waals surface area contributed by atoms with E-state index in [0.29, 0.717) is 21.2 Å². The van der Waals surface area contributed by atoms with Crippen LogP contribution in [-0.4, -0.2) is 29.4 Å². The maximum atomic E-state index is 13.9. The van der Waals surface area contributed by atoms with Crippen LogP contribution in [0.2, 0.25) is 4.34 Å². The van der Waals surface area contributed by atoms with Gasteiger partial charge >= 0.3 is 0 Å². The van der Waals surface area contributed by atoms with Crippen molar-refractivity contribution >= 4 is 39.6 Å². The van der Waals surface area contributed by atoms with Crippen LogP contribution >= 0.6 is 22.9 Å². The smallest absolute Gasteiger partial charge is 0.256 e. The molecule has 3 aromatic rings. The molecule has 0 fully saturated rings. The Kier molecular flexibility index (Phi) is 4.49. The molecule has 1 amide bonds. The Morgan fingerprint density at radius 1 is 1.30 bits per heavy atom. The molecule has 0 spiro atoms. The van der Waals surface area contributed by atoms with Gasteiger partial charge in [-0.2, -0.15) is 0 Å². The molecular weight excluding hydrogens is 398 g/mol. The number of halogens is 3. The van der Waals surface area contributed by atoms with E-state index < -0.39 is 23.2 Å². The number of likely N-dealkylation sites (N-methyl/N-ethyl adjacent to an activating group) is 1. The minimum absolute atomic E-state index is 0.0268. The first-order chi connectivity index (χ1) is 12.9. The predicted octanol–water partition coefficient (Wildman–Crippen LogP) is 3.86. The van der Waals surface area contributed by atoms with Gasteiger partial charge in [0.1, 0.15) is 0 Å². The van der Waals surface area contributed by atoms with Crippen LogP contribution in [-0.2, 0) is 11.3 Å². The fourth-order valence-electron chi connectivity index (χ4n) is 3.32. The Bertz CT molecular complexity index is 1130. The van der Waals surface area contributed by atoms with E-state index in [-0.39, 0.29) is 29.9 Å². The van der Waals surface area contributed by atoms with Crippen molar-refractivity contribution in [3.05, 3.63) is 66.7 Å². The zero-order valence-electron chi connectivity index (χ0n) is 14.0. The predicted molar refractivity (Wildman–Crippen MR) is 98.3 cm³/mol. The standard InChI is InChI=1S/C18H13ClF2N2O3S/c1-23(18(25)8-2-15(19)27-7-8)14-6-26-5-13-16(14)9-3-11(20)12(21)4-10(9)17(24)22-13/h2-4,7,14H,5-6H2,1H3,(H,22,24)/t14-/m0/s1. The van der Waals surface area contributed by atoms with E-state index in [9.17, 15) is 18.4 Å². The molecule has 1 atom stereocenters. The van der Waals surface area contributed by atoms with Gasteiger partial charge in [0.25, 0.3) is 11.5 Å². The molecule has 140 valence electrons. The van der Waals surface area contributed by atoms with Gasteiger partial charge in [-0.1, -0.05) is 11.6 Å². The topological polar surface area (TPSA) is 62.4 Å². The number of carbonyl (C=O) groups excluding carboxylic acids is 1. The highest BCUT2D eigenvalue weighted by Gasteiger charge is 2.31. The van der Waals surface area contributed by atoms with Crippen molar-refractivity contribution in [2.75, 3.05) is 13.7 Å². The Balaban J connectivity index is 1.87. The highest BCUT2D eigenvalue weighted by molar-refractivity contribution is 7.14. The van der Waals surface area contributed by atoms with Gasteiger partial charge in [0, 0.05) is 23.7 Å². The Labute approximate surface area is 161 Å². The van der Waals surface area contributed by atoms with Crippen molar-refractivity contribution < 1.29 is 18.3 Å². The molecule has 3 heterocycles. The first kappa shape index (κ1) is 18.1. The van der Waals surface area contributed by atoms with Crippen LogP contribution < -0.4 is 5.56 Å². The number of thiophene rings is 1. The minimum atomic E-state index is -1.10. The number of hydrogen-bond donors (Lipinski definition) is 1. The number of pyridine rings is 1. The third-order valence-corrected chi connectivity index (χ3v) is 5.73. The molecule has 0 aliphatic carbocycles. The third kappa shape index (κ3) is 3.03. The minimum Gasteiger partial charge on any atom is -0.373 e. The van der Waals surface area contributed by atoms with E-state index in [0.717, 1.165) is 12.1 Å². The van der Waals surface area contributed by atoms with Crippen molar-refractivity contribution in [3.8, 4) is 0 Å². The van der Waals surface area contributed by atoms with Gasteiger partial charge in [0.05, 0.1) is 34.5 Å². The Morgan fingerprint density at radius 2 is 2.00 bits per heavy atom. The molecular formula is C18H13ClF2N2O3S. The van der Waals surface area contributed by atoms with E-state index in [1.807, 2.05) is 0 Å². The highest BCUT2D eigenvalue weighted by atomic mass is 35.5. The number of rotatable bonds is 2. The lowest BCUT2D eigenvalue weighted by Gasteiger charge is -2.33. The quantitative estimate of drug-likeness (QED) is 0.697. The maximum absolute atomic E-state index is 13.9. The van der Waals surface area contributed by atoms with Crippen LogP contribution in [0, 0.1) is 11.6 Å². The van der Waals surface area contributed by atoms with Crippen LogP contribution in [0.5, 0.6) is 0 Å². The molecule has 0 bridgehead atoms. The molecule has 0 saturated heterocycles. The molecule has 1 aliphatic heterocycles. The molecule has 27 heavy (non-hydrogen) atoms. The summed E-state index contributed by atoms with van der Waals surface area (Å²) in [4.78, 5) is 29.2. The zero-order chi connectivity index (χ0) is 19.3. The van der Waals surface area contributed by atoms with Crippen molar-refractivity contribution in [2.45, 2.75) is 12.6 Å². The maximum Gasteiger partial charge on any atom is 0.256 e. The SMILES string of the molecule is CN(C(=O)c1csc(Cl)c1)[C@H]1COCc2[nH]c(=O)c3cc(F)c(F)cc3c21. The first-order valence-electron chi connectivity index (χ1n) is 7.99. The first-order valence-corrected chi connectivity index (χ1v) is 9.25. The van der Waals surface area contributed by atoms with E-state index in [1.165, 1.54) is 16.2 Å². The number of hydrogen-bond acceptors (Lipinski definition) is 4. The lowest BCUT2D eigenvalue weighted by atomic mass is 9.95. The normalized spacial score (nSPS) is 16.4. The van der Waals surface area contributed by atoms with E-state index in [1.54, 1.807) is 18.5 Å². The Hall–Kier alpha value is -2.29. The second kappa shape index (κ2) is 6.70. The van der Waals surface area contributed by atoms with Gasteiger partial charge in [-0.3, -0.25) is 9.59 Å². The molecule has 9 heteroatoms. The number of carbonyl (C=O) groups is 1. The van der Waals surface area contributed by atoms with Crippen molar-refractivity contribution in [2.24, 2.45) is 0 Å². The molecule has 2 aromatic heterocycles. The summed E-state index contributed by atoms with van der Waals surface area (Å²) in [7, 11) is 1.59. The molecule has 1 aromatic carbocycles. The molecule has 0 unspecified atom stereocenters. The molecule has 0 radical (unpaired) electrons. The number of aromatic amines is 1. The number of nitrogens with zero attached hydrogens (tertiary/aromatic N) is 1. The fourth-order valence-corrected chi connectivity index (χ4v) is 4.17. The lowest BCUT2D eigenvalue weighted by Crippen LogP contribution is -2.37. The second-order valence-electron chi connectivity index (χ2n) is 6.24. The van der Waals surface area contributed by atoms with E-state index >= 15 is 0 Å². The van der Waals surface area contributed by atoms with Crippen LogP contribution in [0.4, 0.5) is 8.78 Å². The summed E-state index contributed by atoms with van der Waals surface area (Å²) in [5.74, 6) is -2.45. The Morgan fingerprint density at radius 3 is 2.67 bits per heavy atom. The van der Waals surface area contributed by atoms with E-state index in [4.69, 9.17) is 16.3 Å². The van der Waals surface area contributed by atoms with Gasteiger partial charge < -0.3 is 14.6 Å². The van der Waals surface area contributed by atoms with Crippen LogP contribution in [0.25, 0.3) is 10.8 Å². The number of nitrogens with one attached hydrogen (secondary N) is 1. The number of ether oxygens (including phenoxy) is 1. The monoisotopic (exact) mass is 410 g/mol. The number of amides is 1. The highest BCUT2D eigenvalue weighted by Crippen LogP contribution is 2.34. The third-order valence-electron chi connectivity index (χ3n) is 4.64. The van der Waals surface area contributed by atoms with Crippen LogP contribution in [0.1, 0.15) is 27.7 Å². The van der Waals surface area contributed by atoms with Crippen molar-refractivity contribution in [1.82, 2.24) is 9.88 Å². The molecule has 0 saturated carbocycles. The molecule has 1 aliphatic rings. The summed E-state index contributed by atoms with van der Waals surface area (Å²) in [5, 5.41) is 1.94. The average molecular weight is 411 g/mol. The molecule has 4 rings (SSSR count). The summed E-state index contributed by atoms with van der Waals surface area (Å²) in [6.45, 7) is 0.273. The van der Waals surface area contributed by atoms with Crippen molar-refractivity contribution in [1.29, 1.82) is 0 Å². The van der Waals surface area contributed by atoms with Crippen LogP contribution in [0.3, 0.4) is 0 Å². The van der Waals surface area contributed by atoms with Gasteiger partial charge in [-0.05, 0) is 23.6 Å². The van der Waals surface area contributed by atoms with Crippen molar-refractivity contribution in [3.63, 3.8) is 0 Å². The molecule has 5 nitrogen and oxygen atoms in total. The number of fused-ring (bicyclic) bond motifs is 3. The average Bonchev–Trinajstić information content (AvgIpc) is 3.08. The lowest BCUT2D eigenvalue weighted by molar-refractivity contribution is 0.0336. The summed E-state index contributed by atoms with van der Waals surface area (Å²) in [5.41, 5.74) is 0.876. The van der Waals surface area contributed by atoms with E-state index in [2.05, 4.69) is 4.98 Å². The summed E-state index contributed by atoms with van der Waals surface area (Å²) >= 11 is 7.15. The largest absolute Gasteiger partial charge is 0.373 e. The van der Waals surface area contributed by atoms with Gasteiger partial charge in [0.2, 0.25) is 0 Å². The second-order valence-corrected chi connectivity index (χ2v) is 7.79. The summed E-state index contributed by atoms with van der Waals surface area (Å²) in [6.07, 6.45) is 0. The van der Waals surface area contributed by atoms with Crippen LogP contribution in [0.15, 0.2) is 28.4 Å². The fraction of sp³-hybridized carbons (Fsp3) is 0.222. The van der Waals surface area contributed by atoms with Gasteiger partial charge in [-0.15, -0.1) is 11.3 Å². The number of H-pyrrole nitrogens is 1. The molecule has 1 N–H and O–H groups in total. The van der Waals surface area contributed by atoms with Gasteiger partial charge in [0.15, 0.2) is 11.6 Å². The number of aromatic nitrogens is 1.